The molecule has 0 aliphatic rings. The monoisotopic (exact) mass is 223 g/mol. The first-order valence-electron chi connectivity index (χ1n) is 5.23. The molecule has 1 atom stereocenters. The van der Waals surface area contributed by atoms with Crippen molar-refractivity contribution >= 4 is 5.91 Å². The molecule has 0 aliphatic carbocycles. The lowest BCUT2D eigenvalue weighted by Crippen LogP contribution is -2.40. The summed E-state index contributed by atoms with van der Waals surface area (Å²) in [7, 11) is 0. The molecule has 0 aliphatic heterocycles. The first-order chi connectivity index (χ1) is 7.50. The number of carbonyl (C=O) groups is 1. The molecule has 1 amide bonds. The number of carbonyl (C=O) groups excluding carboxylic acids is 1. The maximum absolute atomic E-state index is 11.6. The lowest BCUT2D eigenvalue weighted by atomic mass is 10.1. The molecule has 5 nitrogen and oxygen atoms in total. The van der Waals surface area contributed by atoms with Gasteiger partial charge in [0, 0.05) is 24.8 Å². The van der Waals surface area contributed by atoms with Gasteiger partial charge >= 0.3 is 0 Å². The zero-order valence-electron chi connectivity index (χ0n) is 9.49. The Morgan fingerprint density at radius 1 is 1.50 bits per heavy atom. The summed E-state index contributed by atoms with van der Waals surface area (Å²) in [4.78, 5) is 24.8. The van der Waals surface area contributed by atoms with Crippen molar-refractivity contribution in [1.82, 2.24) is 10.3 Å². The topological polar surface area (TPSA) is 88.0 Å². The van der Waals surface area contributed by atoms with Crippen molar-refractivity contribution in [3.63, 3.8) is 0 Å². The normalized spacial score (nSPS) is 12.5. The van der Waals surface area contributed by atoms with Crippen molar-refractivity contribution in [2.75, 3.05) is 6.54 Å². The van der Waals surface area contributed by atoms with Crippen LogP contribution in [0.2, 0.25) is 0 Å². The second-order valence-corrected chi connectivity index (χ2v) is 4.06. The Bertz CT molecular complexity index is 391. The maximum atomic E-state index is 11.6. The quantitative estimate of drug-likeness (QED) is 0.676. The minimum atomic E-state index is -0.229. The van der Waals surface area contributed by atoms with Crippen LogP contribution in [0.25, 0.3) is 0 Å². The number of hydrogen-bond acceptors (Lipinski definition) is 3. The van der Waals surface area contributed by atoms with Crippen LogP contribution < -0.4 is 16.6 Å². The van der Waals surface area contributed by atoms with Crippen LogP contribution >= 0.6 is 0 Å². The molecule has 0 fully saturated rings. The Morgan fingerprint density at radius 2 is 2.19 bits per heavy atom. The molecule has 16 heavy (non-hydrogen) atoms. The number of nitrogens with one attached hydrogen (secondary N) is 2. The molecule has 1 aromatic heterocycles. The number of rotatable bonds is 4. The molecule has 0 radical (unpaired) electrons. The summed E-state index contributed by atoms with van der Waals surface area (Å²) >= 11 is 0. The lowest BCUT2D eigenvalue weighted by molar-refractivity contribution is 0.0949. The lowest BCUT2D eigenvalue weighted by Gasteiger charge is -2.15. The van der Waals surface area contributed by atoms with Gasteiger partial charge in [-0.25, -0.2) is 0 Å². The van der Waals surface area contributed by atoms with Gasteiger partial charge in [-0.05, 0) is 12.0 Å². The molecule has 4 N–H and O–H groups in total. The first kappa shape index (κ1) is 12.4. The van der Waals surface area contributed by atoms with Crippen LogP contribution in [0, 0.1) is 5.92 Å². The highest BCUT2D eigenvalue weighted by Crippen LogP contribution is 1.97. The van der Waals surface area contributed by atoms with E-state index < -0.39 is 0 Å². The fraction of sp³-hybridized carbons (Fsp3) is 0.455. The van der Waals surface area contributed by atoms with Crippen LogP contribution in [0.5, 0.6) is 0 Å². The zero-order valence-corrected chi connectivity index (χ0v) is 9.49. The molecule has 88 valence electrons. The van der Waals surface area contributed by atoms with Gasteiger partial charge in [0.2, 0.25) is 5.56 Å². The Labute approximate surface area is 94.1 Å². The maximum Gasteiger partial charge on any atom is 0.252 e. The second-order valence-electron chi connectivity index (χ2n) is 4.06. The van der Waals surface area contributed by atoms with E-state index >= 15 is 0 Å². The van der Waals surface area contributed by atoms with Crippen molar-refractivity contribution in [1.29, 1.82) is 0 Å². The number of aromatic nitrogens is 1. The minimum Gasteiger partial charge on any atom is -0.350 e. The van der Waals surface area contributed by atoms with E-state index in [9.17, 15) is 9.59 Å². The van der Waals surface area contributed by atoms with E-state index in [-0.39, 0.29) is 17.5 Å². The van der Waals surface area contributed by atoms with Crippen LogP contribution in [-0.2, 0) is 0 Å². The van der Waals surface area contributed by atoms with Crippen molar-refractivity contribution in [3.05, 3.63) is 34.2 Å². The Morgan fingerprint density at radius 3 is 2.69 bits per heavy atom. The highest BCUT2D eigenvalue weighted by Gasteiger charge is 2.10. The van der Waals surface area contributed by atoms with Crippen molar-refractivity contribution < 1.29 is 4.79 Å². The standard InChI is InChI=1S/C11H17N3O2/c1-7(2)9(12)6-14-11(16)8-3-4-10(15)13-5-8/h3-5,7,9H,6,12H2,1-2H3,(H,13,15)(H,14,16). The van der Waals surface area contributed by atoms with Gasteiger partial charge in [0.1, 0.15) is 0 Å². The highest BCUT2D eigenvalue weighted by molar-refractivity contribution is 5.93. The number of H-pyrrole nitrogens is 1. The Kier molecular flexibility index (Phi) is 4.25. The third-order valence-corrected chi connectivity index (χ3v) is 2.40. The van der Waals surface area contributed by atoms with Gasteiger partial charge in [0.05, 0.1) is 5.56 Å². The second kappa shape index (κ2) is 5.46. The van der Waals surface area contributed by atoms with Crippen molar-refractivity contribution in [3.8, 4) is 0 Å². The van der Waals surface area contributed by atoms with Crippen molar-refractivity contribution in [2.45, 2.75) is 19.9 Å². The third kappa shape index (κ3) is 3.51. The average molecular weight is 223 g/mol. The first-order valence-corrected chi connectivity index (χ1v) is 5.23. The van der Waals surface area contributed by atoms with Crippen LogP contribution in [0.3, 0.4) is 0 Å². The number of pyridine rings is 1. The highest BCUT2D eigenvalue weighted by atomic mass is 16.1. The summed E-state index contributed by atoms with van der Waals surface area (Å²) in [6.45, 7) is 4.42. The van der Waals surface area contributed by atoms with E-state index in [1.807, 2.05) is 13.8 Å². The van der Waals surface area contributed by atoms with Crippen LogP contribution in [0.4, 0.5) is 0 Å². The number of nitrogens with two attached hydrogens (primary N) is 1. The molecule has 1 rings (SSSR count). The van der Waals surface area contributed by atoms with E-state index in [0.29, 0.717) is 18.0 Å². The molecular formula is C11H17N3O2. The van der Waals surface area contributed by atoms with Gasteiger partial charge in [-0.15, -0.1) is 0 Å². The molecule has 1 aromatic rings. The van der Waals surface area contributed by atoms with Gasteiger partial charge < -0.3 is 16.0 Å². The zero-order chi connectivity index (χ0) is 12.1. The smallest absolute Gasteiger partial charge is 0.252 e. The van der Waals surface area contributed by atoms with E-state index in [4.69, 9.17) is 5.73 Å². The van der Waals surface area contributed by atoms with E-state index in [0.717, 1.165) is 0 Å². The van der Waals surface area contributed by atoms with E-state index in [1.165, 1.54) is 18.3 Å². The molecular weight excluding hydrogens is 206 g/mol. The minimum absolute atomic E-state index is 0.0632. The molecule has 0 saturated heterocycles. The largest absolute Gasteiger partial charge is 0.350 e. The van der Waals surface area contributed by atoms with Gasteiger partial charge in [-0.2, -0.15) is 0 Å². The summed E-state index contributed by atoms with van der Waals surface area (Å²) < 4.78 is 0. The van der Waals surface area contributed by atoms with Crippen LogP contribution in [0.1, 0.15) is 24.2 Å². The molecule has 0 bridgehead atoms. The van der Waals surface area contributed by atoms with Gasteiger partial charge in [0.15, 0.2) is 0 Å². The summed E-state index contributed by atoms with van der Waals surface area (Å²) in [5, 5.41) is 2.71. The van der Waals surface area contributed by atoms with Crippen LogP contribution in [-0.4, -0.2) is 23.5 Å². The molecule has 0 spiro atoms. The Hall–Kier alpha value is -1.62. The van der Waals surface area contributed by atoms with E-state index in [2.05, 4.69) is 10.3 Å². The SMILES string of the molecule is CC(C)C(N)CNC(=O)c1ccc(=O)[nH]c1. The molecule has 1 unspecified atom stereocenters. The Balaban J connectivity index is 2.53. The number of hydrogen-bond donors (Lipinski definition) is 3. The predicted molar refractivity (Wildman–Crippen MR) is 62.2 cm³/mol. The third-order valence-electron chi connectivity index (χ3n) is 2.40. The van der Waals surface area contributed by atoms with Crippen molar-refractivity contribution in [2.24, 2.45) is 11.7 Å². The molecule has 0 saturated carbocycles. The summed E-state index contributed by atoms with van der Waals surface area (Å²) in [6, 6.07) is 2.73. The summed E-state index contributed by atoms with van der Waals surface area (Å²) in [6.07, 6.45) is 1.39. The molecule has 0 aromatic carbocycles. The van der Waals surface area contributed by atoms with E-state index in [1.54, 1.807) is 0 Å². The molecule has 1 heterocycles. The summed E-state index contributed by atoms with van der Waals surface area (Å²) in [5.41, 5.74) is 5.99. The summed E-state index contributed by atoms with van der Waals surface area (Å²) in [5.74, 6) is 0.0863. The van der Waals surface area contributed by atoms with Gasteiger partial charge in [0.25, 0.3) is 5.91 Å². The van der Waals surface area contributed by atoms with Crippen LogP contribution in [0.15, 0.2) is 23.1 Å². The fourth-order valence-electron chi connectivity index (χ4n) is 1.10. The van der Waals surface area contributed by atoms with Gasteiger partial charge in [-0.3, -0.25) is 9.59 Å². The number of amides is 1. The fourth-order valence-corrected chi connectivity index (χ4v) is 1.10. The number of aromatic amines is 1. The average Bonchev–Trinajstić information content (AvgIpc) is 2.26. The molecule has 5 heteroatoms. The van der Waals surface area contributed by atoms with Gasteiger partial charge in [-0.1, -0.05) is 13.8 Å². The predicted octanol–water partition coefficient (Wildman–Crippen LogP) is 0.0880.